The van der Waals surface area contributed by atoms with Crippen LogP contribution in [-0.4, -0.2) is 16.4 Å². The topological polar surface area (TPSA) is 68.0 Å². The largest absolute Gasteiger partial charge is 0.325 e. The molecule has 0 aliphatic heterocycles. The molecule has 0 radical (unpaired) electrons. The lowest BCUT2D eigenvalue weighted by Crippen LogP contribution is -2.40. The number of nitrogens with zero attached hydrogens (tertiary/aromatic N) is 1. The fourth-order valence-electron chi connectivity index (χ4n) is 2.41. The first-order chi connectivity index (χ1) is 8.48. The van der Waals surface area contributed by atoms with Crippen molar-refractivity contribution in [2.45, 2.75) is 44.6 Å². The normalized spacial score (nSPS) is 17.7. The van der Waals surface area contributed by atoms with Crippen molar-refractivity contribution in [1.82, 2.24) is 4.98 Å². The molecule has 98 valence electrons. The van der Waals surface area contributed by atoms with Crippen molar-refractivity contribution in [3.63, 3.8) is 0 Å². The average Bonchev–Trinajstić information content (AvgIpc) is 2.70. The Labute approximate surface area is 112 Å². The molecule has 0 atom stereocenters. The summed E-state index contributed by atoms with van der Waals surface area (Å²) in [6.45, 7) is 1.90. The Morgan fingerprint density at radius 1 is 1.56 bits per heavy atom. The van der Waals surface area contributed by atoms with Crippen molar-refractivity contribution >= 4 is 23.2 Å². The molecule has 0 spiro atoms. The maximum absolute atomic E-state index is 12.0. The Balaban J connectivity index is 2.00. The number of amides is 1. The van der Waals surface area contributed by atoms with Crippen LogP contribution in [0.25, 0.3) is 0 Å². The molecule has 18 heavy (non-hydrogen) atoms. The van der Waals surface area contributed by atoms with Gasteiger partial charge in [0.25, 0.3) is 0 Å². The molecule has 0 unspecified atom stereocenters. The van der Waals surface area contributed by atoms with E-state index in [1.807, 2.05) is 13.0 Å². The van der Waals surface area contributed by atoms with Gasteiger partial charge in [-0.3, -0.25) is 4.79 Å². The first-order valence-corrected chi connectivity index (χ1v) is 6.57. The van der Waals surface area contributed by atoms with Gasteiger partial charge in [0, 0.05) is 18.2 Å². The van der Waals surface area contributed by atoms with Crippen molar-refractivity contribution in [1.29, 1.82) is 0 Å². The summed E-state index contributed by atoms with van der Waals surface area (Å²) in [6.07, 6.45) is 6.06. The highest BCUT2D eigenvalue weighted by molar-refractivity contribution is 6.32. The summed E-state index contributed by atoms with van der Waals surface area (Å²) in [5.74, 6) is -0.0892. The molecule has 5 heteroatoms. The number of halogens is 1. The third-order valence-electron chi connectivity index (χ3n) is 3.36. The van der Waals surface area contributed by atoms with Crippen LogP contribution < -0.4 is 11.1 Å². The molecular formula is C13H18ClN3O. The lowest BCUT2D eigenvalue weighted by atomic mass is 9.94. The first kappa shape index (κ1) is 13.3. The number of hydrogen-bond donors (Lipinski definition) is 2. The van der Waals surface area contributed by atoms with Crippen LogP contribution in [0.4, 0.5) is 5.69 Å². The molecule has 1 aliphatic carbocycles. The van der Waals surface area contributed by atoms with Gasteiger partial charge in [0.1, 0.15) is 0 Å². The van der Waals surface area contributed by atoms with E-state index in [2.05, 4.69) is 10.3 Å². The lowest BCUT2D eigenvalue weighted by molar-refractivity contribution is -0.117. The van der Waals surface area contributed by atoms with Crippen molar-refractivity contribution in [3.8, 4) is 0 Å². The summed E-state index contributed by atoms with van der Waals surface area (Å²) in [5.41, 5.74) is 7.35. The summed E-state index contributed by atoms with van der Waals surface area (Å²) >= 11 is 5.93. The minimum absolute atomic E-state index is 0.0892. The zero-order chi connectivity index (χ0) is 13.2. The van der Waals surface area contributed by atoms with Crippen LogP contribution in [0.2, 0.25) is 5.15 Å². The van der Waals surface area contributed by atoms with E-state index in [0.29, 0.717) is 17.3 Å². The fraction of sp³-hybridized carbons (Fsp3) is 0.538. The van der Waals surface area contributed by atoms with E-state index >= 15 is 0 Å². The van der Waals surface area contributed by atoms with Gasteiger partial charge >= 0.3 is 0 Å². The molecule has 1 amide bonds. The maximum Gasteiger partial charge on any atom is 0.226 e. The fourth-order valence-corrected chi connectivity index (χ4v) is 2.56. The summed E-state index contributed by atoms with van der Waals surface area (Å²) in [4.78, 5) is 16.0. The third-order valence-corrected chi connectivity index (χ3v) is 3.66. The average molecular weight is 268 g/mol. The first-order valence-electron chi connectivity index (χ1n) is 6.19. The number of nitrogens with one attached hydrogen (secondary N) is 1. The molecule has 2 rings (SSSR count). The zero-order valence-electron chi connectivity index (χ0n) is 10.5. The molecule has 4 nitrogen and oxygen atoms in total. The number of aromatic nitrogens is 1. The second-order valence-electron chi connectivity index (χ2n) is 5.15. The van der Waals surface area contributed by atoms with Crippen LogP contribution in [-0.2, 0) is 4.79 Å². The second kappa shape index (κ2) is 5.24. The van der Waals surface area contributed by atoms with Crippen molar-refractivity contribution in [2.24, 2.45) is 5.73 Å². The summed E-state index contributed by atoms with van der Waals surface area (Å²) in [5, 5.41) is 3.10. The number of pyridine rings is 1. The van der Waals surface area contributed by atoms with Gasteiger partial charge in [-0.1, -0.05) is 24.4 Å². The Morgan fingerprint density at radius 2 is 2.22 bits per heavy atom. The van der Waals surface area contributed by atoms with E-state index in [9.17, 15) is 4.79 Å². The number of carbonyl (C=O) groups excluding carboxylic acids is 1. The van der Waals surface area contributed by atoms with E-state index in [1.165, 1.54) is 0 Å². The molecule has 1 aromatic rings. The van der Waals surface area contributed by atoms with Gasteiger partial charge in [0.15, 0.2) is 5.15 Å². The van der Waals surface area contributed by atoms with E-state index in [4.69, 9.17) is 17.3 Å². The van der Waals surface area contributed by atoms with Gasteiger partial charge in [0.05, 0.1) is 5.69 Å². The molecule has 0 aromatic carbocycles. The Hall–Kier alpha value is -1.13. The summed E-state index contributed by atoms with van der Waals surface area (Å²) < 4.78 is 0. The van der Waals surface area contributed by atoms with Crippen LogP contribution in [0.1, 0.15) is 37.7 Å². The molecular weight excluding hydrogens is 250 g/mol. The monoisotopic (exact) mass is 267 g/mol. The standard InChI is InChI=1S/C13H18ClN3O/c1-9-6-10(12(14)16-8-9)17-11(18)7-13(15)4-2-3-5-13/h6,8H,2-5,7,15H2,1H3,(H,17,18). The smallest absolute Gasteiger partial charge is 0.226 e. The zero-order valence-corrected chi connectivity index (χ0v) is 11.3. The van der Waals surface area contributed by atoms with Crippen molar-refractivity contribution < 1.29 is 4.79 Å². The Kier molecular flexibility index (Phi) is 3.88. The molecule has 1 saturated carbocycles. The lowest BCUT2D eigenvalue weighted by Gasteiger charge is -2.22. The van der Waals surface area contributed by atoms with Crippen LogP contribution in [0, 0.1) is 6.92 Å². The minimum Gasteiger partial charge on any atom is -0.325 e. The van der Waals surface area contributed by atoms with Gasteiger partial charge in [0.2, 0.25) is 5.91 Å². The van der Waals surface area contributed by atoms with E-state index < -0.39 is 0 Å². The van der Waals surface area contributed by atoms with Gasteiger partial charge in [-0.05, 0) is 31.4 Å². The van der Waals surface area contributed by atoms with E-state index in [1.54, 1.807) is 6.20 Å². The number of rotatable bonds is 3. The van der Waals surface area contributed by atoms with Crippen LogP contribution >= 0.6 is 11.6 Å². The van der Waals surface area contributed by atoms with E-state index in [0.717, 1.165) is 31.2 Å². The van der Waals surface area contributed by atoms with Crippen LogP contribution in [0.15, 0.2) is 12.3 Å². The third kappa shape index (κ3) is 3.21. The highest BCUT2D eigenvalue weighted by Gasteiger charge is 2.31. The maximum atomic E-state index is 12.0. The van der Waals surface area contributed by atoms with Gasteiger partial charge < -0.3 is 11.1 Å². The quantitative estimate of drug-likeness (QED) is 0.828. The second-order valence-corrected chi connectivity index (χ2v) is 5.50. The molecule has 1 aromatic heterocycles. The van der Waals surface area contributed by atoms with Gasteiger partial charge in [-0.2, -0.15) is 0 Å². The van der Waals surface area contributed by atoms with Gasteiger partial charge in [-0.15, -0.1) is 0 Å². The van der Waals surface area contributed by atoms with Crippen molar-refractivity contribution in [2.75, 3.05) is 5.32 Å². The van der Waals surface area contributed by atoms with Gasteiger partial charge in [-0.25, -0.2) is 4.98 Å². The number of anilines is 1. The summed E-state index contributed by atoms with van der Waals surface area (Å²) in [6, 6.07) is 1.81. The van der Waals surface area contributed by atoms with Crippen LogP contribution in [0.5, 0.6) is 0 Å². The number of hydrogen-bond acceptors (Lipinski definition) is 3. The minimum atomic E-state index is -0.339. The summed E-state index contributed by atoms with van der Waals surface area (Å²) in [7, 11) is 0. The Morgan fingerprint density at radius 3 is 2.89 bits per heavy atom. The highest BCUT2D eigenvalue weighted by atomic mass is 35.5. The predicted octanol–water partition coefficient (Wildman–Crippen LogP) is 2.64. The molecule has 3 N–H and O–H groups in total. The van der Waals surface area contributed by atoms with Crippen molar-refractivity contribution in [3.05, 3.63) is 23.0 Å². The number of aryl methyl sites for hydroxylation is 1. The van der Waals surface area contributed by atoms with E-state index in [-0.39, 0.29) is 11.4 Å². The molecule has 1 heterocycles. The van der Waals surface area contributed by atoms with Crippen LogP contribution in [0.3, 0.4) is 0 Å². The number of carbonyl (C=O) groups is 1. The predicted molar refractivity (Wildman–Crippen MR) is 72.6 cm³/mol. The Bertz CT molecular complexity index is 456. The highest BCUT2D eigenvalue weighted by Crippen LogP contribution is 2.30. The molecule has 0 bridgehead atoms. The SMILES string of the molecule is Cc1cnc(Cl)c(NC(=O)CC2(N)CCCC2)c1. The molecule has 1 fully saturated rings. The number of nitrogens with two attached hydrogens (primary N) is 1. The molecule has 1 aliphatic rings. The molecule has 0 saturated heterocycles.